The predicted molar refractivity (Wildman–Crippen MR) is 140 cm³/mol. The molecule has 0 aliphatic carbocycles. The number of hydrogen-bond acceptors (Lipinski definition) is 1. The number of ether oxygens (including phenoxy) is 1. The molecule has 0 heterocycles. The molecule has 4 rings (SSSR count). The molecule has 2 heteroatoms. The minimum Gasteiger partial charge on any atom is -0.489 e. The van der Waals surface area contributed by atoms with Crippen LogP contribution >= 0.6 is 0 Å². The molecule has 1 nitrogen and oxygen atoms in total. The molecule has 172 valence electrons. The van der Waals surface area contributed by atoms with Gasteiger partial charge in [0.25, 0.3) is 0 Å². The molecular formula is C31H35FO. The molecule has 0 fully saturated rings. The summed E-state index contributed by atoms with van der Waals surface area (Å²) >= 11 is 0. The van der Waals surface area contributed by atoms with Crippen LogP contribution in [0.2, 0.25) is 0 Å². The van der Waals surface area contributed by atoms with Crippen molar-refractivity contribution in [3.8, 4) is 28.0 Å². The minimum atomic E-state index is -0.215. The Balaban J connectivity index is 0.000000914. The molecule has 0 saturated carbocycles. The highest BCUT2D eigenvalue weighted by atomic mass is 19.1. The summed E-state index contributed by atoms with van der Waals surface area (Å²) in [6, 6.07) is 29.5. The summed E-state index contributed by atoms with van der Waals surface area (Å²) in [5, 5.41) is 0. The molecule has 0 unspecified atom stereocenters. The third-order valence-corrected chi connectivity index (χ3v) is 5.13. The maximum Gasteiger partial charge on any atom is 0.123 e. The quantitative estimate of drug-likeness (QED) is 0.299. The van der Waals surface area contributed by atoms with Crippen molar-refractivity contribution in [3.63, 3.8) is 0 Å². The normalized spacial score (nSPS) is 9.79. The van der Waals surface area contributed by atoms with Crippen LogP contribution in [-0.4, -0.2) is 0 Å². The lowest BCUT2D eigenvalue weighted by atomic mass is 9.95. The predicted octanol–water partition coefficient (Wildman–Crippen LogP) is 9.41. The summed E-state index contributed by atoms with van der Waals surface area (Å²) < 4.78 is 19.2. The van der Waals surface area contributed by atoms with Crippen LogP contribution < -0.4 is 4.74 Å². The van der Waals surface area contributed by atoms with Gasteiger partial charge in [0, 0.05) is 0 Å². The zero-order valence-corrected chi connectivity index (χ0v) is 20.7. The topological polar surface area (TPSA) is 9.23 Å². The number of rotatable bonds is 5. The molecule has 0 aliphatic heterocycles. The van der Waals surface area contributed by atoms with Gasteiger partial charge in [0.1, 0.15) is 18.2 Å². The Kier molecular flexibility index (Phi) is 10.4. The van der Waals surface area contributed by atoms with Gasteiger partial charge in [0.05, 0.1) is 0 Å². The van der Waals surface area contributed by atoms with E-state index in [0.29, 0.717) is 6.61 Å². The summed E-state index contributed by atoms with van der Waals surface area (Å²) in [7, 11) is 0. The highest BCUT2D eigenvalue weighted by molar-refractivity contribution is 5.74. The Hall–Kier alpha value is -3.39. The molecule has 0 saturated heterocycles. The van der Waals surface area contributed by atoms with Gasteiger partial charge in [-0.3, -0.25) is 0 Å². The van der Waals surface area contributed by atoms with Crippen molar-refractivity contribution in [1.29, 1.82) is 0 Å². The van der Waals surface area contributed by atoms with E-state index in [-0.39, 0.29) is 5.82 Å². The molecular weight excluding hydrogens is 407 g/mol. The molecule has 0 spiro atoms. The summed E-state index contributed by atoms with van der Waals surface area (Å²) in [4.78, 5) is 0. The minimum absolute atomic E-state index is 0.215. The van der Waals surface area contributed by atoms with Gasteiger partial charge in [-0.2, -0.15) is 0 Å². The summed E-state index contributed by atoms with van der Waals surface area (Å²) in [6.07, 6.45) is 0. The van der Waals surface area contributed by atoms with E-state index in [1.807, 2.05) is 64.1 Å². The molecule has 0 N–H and O–H groups in total. The van der Waals surface area contributed by atoms with Crippen LogP contribution in [0.4, 0.5) is 4.39 Å². The average molecular weight is 443 g/mol. The molecule has 0 aliphatic rings. The van der Waals surface area contributed by atoms with Crippen LogP contribution in [0.1, 0.15) is 44.4 Å². The summed E-state index contributed by atoms with van der Waals surface area (Å²) in [5.74, 6) is 0.685. The molecule has 4 aromatic carbocycles. The standard InChI is InChI=1S/C27H23FO.2C2H6/c1-19-16-23(10-14-26(19)22-8-12-25(28)13-9-22)24-11-15-27(20(2)17-24)29-18-21-6-4-3-5-7-21;2*1-2/h3-17H,18H2,1-2H3;2*1-2H3. The molecule has 0 amide bonds. The van der Waals surface area contributed by atoms with Crippen molar-refractivity contribution in [2.24, 2.45) is 0 Å². The Labute approximate surface area is 198 Å². The van der Waals surface area contributed by atoms with Crippen molar-refractivity contribution in [2.45, 2.75) is 48.1 Å². The first kappa shape index (κ1) is 25.9. The lowest BCUT2D eigenvalue weighted by molar-refractivity contribution is 0.304. The number of hydrogen-bond donors (Lipinski definition) is 0. The van der Waals surface area contributed by atoms with E-state index >= 15 is 0 Å². The highest BCUT2D eigenvalue weighted by Crippen LogP contribution is 2.31. The Morgan fingerprint density at radius 2 is 1.15 bits per heavy atom. The van der Waals surface area contributed by atoms with Crippen LogP contribution in [0.15, 0.2) is 91.0 Å². The Morgan fingerprint density at radius 1 is 0.606 bits per heavy atom. The fraction of sp³-hybridized carbons (Fsp3) is 0.226. The number of aryl methyl sites for hydroxylation is 2. The summed E-state index contributed by atoms with van der Waals surface area (Å²) in [6.45, 7) is 12.7. The Morgan fingerprint density at radius 3 is 1.73 bits per heavy atom. The van der Waals surface area contributed by atoms with E-state index in [4.69, 9.17) is 4.74 Å². The van der Waals surface area contributed by atoms with Crippen LogP contribution in [-0.2, 0) is 6.61 Å². The maximum absolute atomic E-state index is 13.2. The first-order chi connectivity index (χ1) is 16.1. The van der Waals surface area contributed by atoms with Gasteiger partial charge in [0.15, 0.2) is 0 Å². The smallest absolute Gasteiger partial charge is 0.123 e. The second kappa shape index (κ2) is 13.2. The van der Waals surface area contributed by atoms with Gasteiger partial charge in [-0.15, -0.1) is 0 Å². The number of benzene rings is 4. The SMILES string of the molecule is CC.CC.Cc1cc(-c2ccc(-c3ccc(F)cc3)c(C)c2)ccc1OCc1ccccc1. The van der Waals surface area contributed by atoms with Crippen LogP contribution in [0.25, 0.3) is 22.3 Å². The second-order valence-electron chi connectivity index (χ2n) is 7.29. The molecule has 0 aromatic heterocycles. The van der Waals surface area contributed by atoms with Crippen LogP contribution in [0.5, 0.6) is 5.75 Å². The highest BCUT2D eigenvalue weighted by Gasteiger charge is 2.07. The van der Waals surface area contributed by atoms with E-state index in [1.165, 1.54) is 12.1 Å². The van der Waals surface area contributed by atoms with Crippen LogP contribution in [0.3, 0.4) is 0 Å². The third kappa shape index (κ3) is 7.05. The number of halogens is 1. The summed E-state index contributed by atoms with van der Waals surface area (Å²) in [5.41, 5.74) is 7.89. The van der Waals surface area contributed by atoms with E-state index in [1.54, 1.807) is 0 Å². The first-order valence-corrected chi connectivity index (χ1v) is 11.7. The first-order valence-electron chi connectivity index (χ1n) is 11.7. The molecule has 4 aromatic rings. The zero-order valence-electron chi connectivity index (χ0n) is 20.7. The van der Waals surface area contributed by atoms with E-state index in [9.17, 15) is 4.39 Å². The monoisotopic (exact) mass is 442 g/mol. The van der Waals surface area contributed by atoms with E-state index < -0.39 is 0 Å². The van der Waals surface area contributed by atoms with Gasteiger partial charge in [-0.05, 0) is 77.1 Å². The molecule has 33 heavy (non-hydrogen) atoms. The van der Waals surface area contributed by atoms with Crippen molar-refractivity contribution >= 4 is 0 Å². The molecule has 0 radical (unpaired) electrons. The van der Waals surface area contributed by atoms with Crippen molar-refractivity contribution in [2.75, 3.05) is 0 Å². The Bertz CT molecular complexity index is 1120. The largest absolute Gasteiger partial charge is 0.489 e. The van der Waals surface area contributed by atoms with Crippen molar-refractivity contribution < 1.29 is 9.13 Å². The fourth-order valence-corrected chi connectivity index (χ4v) is 3.52. The second-order valence-corrected chi connectivity index (χ2v) is 7.29. The van der Waals surface area contributed by atoms with Crippen molar-refractivity contribution in [1.82, 2.24) is 0 Å². The van der Waals surface area contributed by atoms with E-state index in [2.05, 4.69) is 56.3 Å². The lowest BCUT2D eigenvalue weighted by Gasteiger charge is -2.13. The molecule has 0 atom stereocenters. The third-order valence-electron chi connectivity index (χ3n) is 5.13. The lowest BCUT2D eigenvalue weighted by Crippen LogP contribution is -1.97. The van der Waals surface area contributed by atoms with E-state index in [0.717, 1.165) is 44.7 Å². The van der Waals surface area contributed by atoms with Gasteiger partial charge in [0.2, 0.25) is 0 Å². The molecule has 0 bridgehead atoms. The van der Waals surface area contributed by atoms with Gasteiger partial charge in [-0.1, -0.05) is 94.4 Å². The van der Waals surface area contributed by atoms with Crippen molar-refractivity contribution in [3.05, 3.63) is 114 Å². The fourth-order valence-electron chi connectivity index (χ4n) is 3.52. The zero-order chi connectivity index (χ0) is 24.2. The van der Waals surface area contributed by atoms with Gasteiger partial charge in [-0.25, -0.2) is 4.39 Å². The van der Waals surface area contributed by atoms with Crippen LogP contribution in [0, 0.1) is 19.7 Å². The van der Waals surface area contributed by atoms with Gasteiger partial charge < -0.3 is 4.74 Å². The maximum atomic E-state index is 13.2. The van der Waals surface area contributed by atoms with Gasteiger partial charge >= 0.3 is 0 Å². The average Bonchev–Trinajstić information content (AvgIpc) is 2.87.